The number of methoxy groups -OCH3 is 1. The van der Waals surface area contributed by atoms with E-state index in [-0.39, 0.29) is 17.9 Å². The van der Waals surface area contributed by atoms with Crippen molar-refractivity contribution in [3.8, 4) is 0 Å². The van der Waals surface area contributed by atoms with E-state index >= 15 is 0 Å². The minimum Gasteiger partial charge on any atom is -0.468 e. The Morgan fingerprint density at radius 2 is 1.80 bits per heavy atom. The molecule has 5 nitrogen and oxygen atoms in total. The first-order valence-corrected chi connectivity index (χ1v) is 7.71. The van der Waals surface area contributed by atoms with E-state index in [9.17, 15) is 9.59 Å². The van der Waals surface area contributed by atoms with Crippen LogP contribution in [0.3, 0.4) is 0 Å². The van der Waals surface area contributed by atoms with Crippen molar-refractivity contribution in [2.24, 2.45) is 5.92 Å². The maximum atomic E-state index is 12.4. The summed E-state index contributed by atoms with van der Waals surface area (Å²) < 4.78 is 4.86. The topological polar surface area (TPSA) is 49.9 Å². The molecular formula is C15H26N2O3. The molecule has 2 fully saturated rings. The second-order valence-corrected chi connectivity index (χ2v) is 6.07. The minimum atomic E-state index is -0.235. The van der Waals surface area contributed by atoms with Gasteiger partial charge < -0.3 is 9.64 Å². The van der Waals surface area contributed by atoms with Gasteiger partial charge in [0.05, 0.1) is 13.7 Å². The fraction of sp³-hybridized carbons (Fsp3) is 0.867. The number of nitrogens with zero attached hydrogens (tertiary/aromatic N) is 2. The second kappa shape index (κ2) is 7.07. The standard InChI is InChI=1S/C15H26N2O3/c1-12-6-9-16(10-7-12)14(18)11-17-8-4-3-5-13(17)15(19)20-2/h12-13H,3-11H2,1-2H3. The first-order valence-electron chi connectivity index (χ1n) is 7.71. The lowest BCUT2D eigenvalue weighted by molar-refractivity contribution is -0.149. The molecule has 2 aliphatic rings. The zero-order valence-electron chi connectivity index (χ0n) is 12.6. The third-order valence-electron chi connectivity index (χ3n) is 4.56. The van der Waals surface area contributed by atoms with Crippen molar-refractivity contribution in [2.75, 3.05) is 33.3 Å². The van der Waals surface area contributed by atoms with E-state index in [0.29, 0.717) is 6.54 Å². The van der Waals surface area contributed by atoms with Crippen LogP contribution in [0.5, 0.6) is 0 Å². The number of esters is 1. The summed E-state index contributed by atoms with van der Waals surface area (Å²) in [7, 11) is 1.42. The smallest absolute Gasteiger partial charge is 0.323 e. The Labute approximate surface area is 121 Å². The van der Waals surface area contributed by atoms with E-state index in [0.717, 1.165) is 57.7 Å². The van der Waals surface area contributed by atoms with Gasteiger partial charge in [-0.15, -0.1) is 0 Å². The lowest BCUT2D eigenvalue weighted by atomic mass is 9.99. The molecule has 2 saturated heterocycles. The molecule has 5 heteroatoms. The van der Waals surface area contributed by atoms with E-state index in [1.165, 1.54) is 7.11 Å². The van der Waals surface area contributed by atoms with Gasteiger partial charge >= 0.3 is 5.97 Å². The highest BCUT2D eigenvalue weighted by Crippen LogP contribution is 2.20. The largest absolute Gasteiger partial charge is 0.468 e. The first-order chi connectivity index (χ1) is 9.61. The van der Waals surface area contributed by atoms with Crippen molar-refractivity contribution in [1.29, 1.82) is 0 Å². The fourth-order valence-electron chi connectivity index (χ4n) is 3.11. The predicted octanol–water partition coefficient (Wildman–Crippen LogP) is 1.27. The van der Waals surface area contributed by atoms with Crippen LogP contribution in [-0.4, -0.2) is 61.0 Å². The van der Waals surface area contributed by atoms with E-state index < -0.39 is 0 Å². The molecule has 1 atom stereocenters. The average Bonchev–Trinajstić information content (AvgIpc) is 2.47. The molecule has 0 bridgehead atoms. The van der Waals surface area contributed by atoms with Gasteiger partial charge in [0.1, 0.15) is 6.04 Å². The third-order valence-corrected chi connectivity index (χ3v) is 4.56. The van der Waals surface area contributed by atoms with E-state index in [4.69, 9.17) is 4.74 Å². The lowest BCUT2D eigenvalue weighted by Gasteiger charge is -2.36. The van der Waals surface area contributed by atoms with Crippen LogP contribution < -0.4 is 0 Å². The van der Waals surface area contributed by atoms with Gasteiger partial charge in [-0.2, -0.15) is 0 Å². The quantitative estimate of drug-likeness (QED) is 0.732. The van der Waals surface area contributed by atoms with Gasteiger partial charge in [0, 0.05) is 13.1 Å². The number of amides is 1. The molecule has 0 radical (unpaired) electrons. The Bertz CT molecular complexity index is 351. The maximum absolute atomic E-state index is 12.4. The summed E-state index contributed by atoms with van der Waals surface area (Å²) in [5, 5.41) is 0. The Hall–Kier alpha value is -1.10. The van der Waals surface area contributed by atoms with Gasteiger partial charge in [0.2, 0.25) is 5.91 Å². The van der Waals surface area contributed by atoms with E-state index in [1.54, 1.807) is 0 Å². The molecule has 0 N–H and O–H groups in total. The van der Waals surface area contributed by atoms with Gasteiger partial charge in [-0.25, -0.2) is 0 Å². The van der Waals surface area contributed by atoms with Gasteiger partial charge in [-0.05, 0) is 38.1 Å². The highest BCUT2D eigenvalue weighted by atomic mass is 16.5. The van der Waals surface area contributed by atoms with Crippen molar-refractivity contribution in [1.82, 2.24) is 9.80 Å². The Balaban J connectivity index is 1.89. The van der Waals surface area contributed by atoms with Crippen LogP contribution in [0, 0.1) is 5.92 Å². The number of carbonyl (C=O) groups excluding carboxylic acids is 2. The molecule has 2 rings (SSSR count). The van der Waals surface area contributed by atoms with Crippen molar-refractivity contribution in [3.63, 3.8) is 0 Å². The Kier molecular flexibility index (Phi) is 5.40. The highest BCUT2D eigenvalue weighted by molar-refractivity contribution is 5.80. The minimum absolute atomic E-state index is 0.160. The molecule has 0 aromatic rings. The van der Waals surface area contributed by atoms with Crippen molar-refractivity contribution >= 4 is 11.9 Å². The average molecular weight is 282 g/mol. The molecule has 1 amide bonds. The molecule has 114 valence electrons. The zero-order chi connectivity index (χ0) is 14.5. The summed E-state index contributed by atoms with van der Waals surface area (Å²) in [5.41, 5.74) is 0. The van der Waals surface area contributed by atoms with Gasteiger partial charge in [0.25, 0.3) is 0 Å². The summed E-state index contributed by atoms with van der Waals surface area (Å²) >= 11 is 0. The van der Waals surface area contributed by atoms with Crippen molar-refractivity contribution < 1.29 is 14.3 Å². The summed E-state index contributed by atoms with van der Waals surface area (Å²) in [6, 6.07) is -0.235. The molecule has 0 aromatic carbocycles. The molecule has 1 unspecified atom stereocenters. The second-order valence-electron chi connectivity index (χ2n) is 6.07. The SMILES string of the molecule is COC(=O)C1CCCCN1CC(=O)N1CCC(C)CC1. The summed E-state index contributed by atoms with van der Waals surface area (Å²) in [6.07, 6.45) is 5.07. The maximum Gasteiger partial charge on any atom is 0.323 e. The molecule has 0 aliphatic carbocycles. The van der Waals surface area contributed by atoms with Gasteiger partial charge in [0.15, 0.2) is 0 Å². The number of piperidine rings is 2. The summed E-state index contributed by atoms with van der Waals surface area (Å²) in [6.45, 7) is 5.12. The molecule has 0 aromatic heterocycles. The molecule has 20 heavy (non-hydrogen) atoms. The lowest BCUT2D eigenvalue weighted by Crippen LogP contribution is -2.51. The van der Waals surface area contributed by atoms with Crippen LogP contribution in [0.15, 0.2) is 0 Å². The van der Waals surface area contributed by atoms with Gasteiger partial charge in [-0.1, -0.05) is 13.3 Å². The fourth-order valence-corrected chi connectivity index (χ4v) is 3.11. The monoisotopic (exact) mass is 282 g/mol. The van der Waals surface area contributed by atoms with Gasteiger partial charge in [-0.3, -0.25) is 14.5 Å². The molecular weight excluding hydrogens is 256 g/mol. The normalized spacial score (nSPS) is 25.5. The molecule has 2 aliphatic heterocycles. The number of likely N-dealkylation sites (tertiary alicyclic amines) is 2. The number of rotatable bonds is 3. The first kappa shape index (κ1) is 15.3. The number of ether oxygens (including phenoxy) is 1. The van der Waals surface area contributed by atoms with Crippen LogP contribution in [-0.2, 0) is 14.3 Å². The third kappa shape index (κ3) is 3.72. The van der Waals surface area contributed by atoms with Crippen LogP contribution in [0.25, 0.3) is 0 Å². The van der Waals surface area contributed by atoms with E-state index in [2.05, 4.69) is 6.92 Å². The summed E-state index contributed by atoms with van der Waals surface area (Å²) in [4.78, 5) is 28.1. The van der Waals surface area contributed by atoms with Crippen LogP contribution in [0.2, 0.25) is 0 Å². The molecule has 2 heterocycles. The number of carbonyl (C=O) groups is 2. The predicted molar refractivity (Wildman–Crippen MR) is 76.2 cm³/mol. The van der Waals surface area contributed by atoms with Crippen LogP contribution in [0.1, 0.15) is 39.0 Å². The zero-order valence-corrected chi connectivity index (χ0v) is 12.6. The molecule has 0 spiro atoms. The molecule has 0 saturated carbocycles. The van der Waals surface area contributed by atoms with Crippen LogP contribution in [0.4, 0.5) is 0 Å². The highest BCUT2D eigenvalue weighted by Gasteiger charge is 2.32. The van der Waals surface area contributed by atoms with Crippen molar-refractivity contribution in [3.05, 3.63) is 0 Å². The Morgan fingerprint density at radius 1 is 1.10 bits per heavy atom. The Morgan fingerprint density at radius 3 is 2.45 bits per heavy atom. The number of hydrogen-bond donors (Lipinski definition) is 0. The summed E-state index contributed by atoms with van der Waals surface area (Å²) in [5.74, 6) is 0.675. The van der Waals surface area contributed by atoms with Crippen molar-refractivity contribution in [2.45, 2.75) is 45.1 Å². The van der Waals surface area contributed by atoms with E-state index in [1.807, 2.05) is 9.80 Å². The van der Waals surface area contributed by atoms with Crippen LogP contribution >= 0.6 is 0 Å². The number of hydrogen-bond acceptors (Lipinski definition) is 4.